The summed E-state index contributed by atoms with van der Waals surface area (Å²) in [5.41, 5.74) is 4.99. The van der Waals surface area contributed by atoms with E-state index in [0.29, 0.717) is 4.90 Å². The van der Waals surface area contributed by atoms with Crippen molar-refractivity contribution >= 4 is 29.3 Å². The number of thioether (sulfide) groups is 1. The third kappa shape index (κ3) is 3.72. The highest BCUT2D eigenvalue weighted by atomic mass is 32.2. The molecule has 1 saturated heterocycles. The van der Waals surface area contributed by atoms with Crippen molar-refractivity contribution in [3.63, 3.8) is 0 Å². The molecular formula is C13H15N3O4S. The summed E-state index contributed by atoms with van der Waals surface area (Å²) >= 11 is 1.11. The van der Waals surface area contributed by atoms with Crippen molar-refractivity contribution in [1.29, 1.82) is 0 Å². The number of hydrogen-bond acceptors (Lipinski definition) is 5. The van der Waals surface area contributed by atoms with Crippen molar-refractivity contribution in [2.24, 2.45) is 5.73 Å². The van der Waals surface area contributed by atoms with Gasteiger partial charge < -0.3 is 10.6 Å². The fourth-order valence-electron chi connectivity index (χ4n) is 2.13. The highest BCUT2D eigenvalue weighted by Gasteiger charge is 2.21. The van der Waals surface area contributed by atoms with Crippen LogP contribution in [0.5, 0.6) is 0 Å². The lowest BCUT2D eigenvalue weighted by atomic mass is 10.2. The van der Waals surface area contributed by atoms with Crippen molar-refractivity contribution in [3.05, 3.63) is 33.9 Å². The topological polar surface area (TPSA) is 107 Å². The van der Waals surface area contributed by atoms with Gasteiger partial charge in [-0.05, 0) is 25.0 Å². The van der Waals surface area contributed by atoms with Gasteiger partial charge in [-0.3, -0.25) is 19.7 Å². The molecule has 7 nitrogen and oxygen atoms in total. The standard InChI is InChI=1S/C13H15N3O4S/c14-13(18)9-3-4-11(10(7-9)16(19)20)21-8-12(17)15-5-1-2-6-15/h3-4,7H,1-2,5-6,8H2,(H2,14,18). The molecule has 0 aromatic heterocycles. The summed E-state index contributed by atoms with van der Waals surface area (Å²) in [7, 11) is 0. The van der Waals surface area contributed by atoms with Crippen molar-refractivity contribution in [2.45, 2.75) is 17.7 Å². The molecule has 1 aromatic rings. The van der Waals surface area contributed by atoms with E-state index in [4.69, 9.17) is 5.73 Å². The number of carbonyl (C=O) groups excluding carboxylic acids is 2. The number of nitrogens with zero attached hydrogens (tertiary/aromatic N) is 2. The van der Waals surface area contributed by atoms with Crippen LogP contribution in [0.25, 0.3) is 0 Å². The quantitative estimate of drug-likeness (QED) is 0.503. The first-order valence-corrected chi connectivity index (χ1v) is 7.46. The Morgan fingerprint density at radius 2 is 2.00 bits per heavy atom. The van der Waals surface area contributed by atoms with Crippen LogP contribution in [0.2, 0.25) is 0 Å². The molecule has 0 atom stereocenters. The van der Waals surface area contributed by atoms with E-state index in [2.05, 4.69) is 0 Å². The molecule has 0 saturated carbocycles. The summed E-state index contributed by atoms with van der Waals surface area (Å²) < 4.78 is 0. The highest BCUT2D eigenvalue weighted by Crippen LogP contribution is 2.30. The predicted molar refractivity (Wildman–Crippen MR) is 78.2 cm³/mol. The number of primary amides is 1. The summed E-state index contributed by atoms with van der Waals surface area (Å²) in [6, 6.07) is 4.03. The number of hydrogen-bond donors (Lipinski definition) is 1. The molecule has 2 N–H and O–H groups in total. The number of benzene rings is 1. The van der Waals surface area contributed by atoms with Gasteiger partial charge in [0.25, 0.3) is 5.69 Å². The van der Waals surface area contributed by atoms with E-state index in [9.17, 15) is 19.7 Å². The largest absolute Gasteiger partial charge is 0.366 e. The maximum Gasteiger partial charge on any atom is 0.283 e. The van der Waals surface area contributed by atoms with Crippen LogP contribution < -0.4 is 5.73 Å². The van der Waals surface area contributed by atoms with Crippen molar-refractivity contribution in [1.82, 2.24) is 4.90 Å². The molecule has 2 rings (SSSR count). The van der Waals surface area contributed by atoms with Crippen LogP contribution in [0.1, 0.15) is 23.2 Å². The molecular weight excluding hydrogens is 294 g/mol. The van der Waals surface area contributed by atoms with Crippen molar-refractivity contribution in [2.75, 3.05) is 18.8 Å². The lowest BCUT2D eigenvalue weighted by Crippen LogP contribution is -2.29. The lowest BCUT2D eigenvalue weighted by molar-refractivity contribution is -0.387. The van der Waals surface area contributed by atoms with Crippen LogP contribution in [0.15, 0.2) is 23.1 Å². The van der Waals surface area contributed by atoms with Gasteiger partial charge >= 0.3 is 0 Å². The van der Waals surface area contributed by atoms with E-state index < -0.39 is 10.8 Å². The van der Waals surface area contributed by atoms with Crippen LogP contribution in [0.3, 0.4) is 0 Å². The van der Waals surface area contributed by atoms with Gasteiger partial charge in [0.2, 0.25) is 11.8 Å². The number of nitro groups is 1. The minimum atomic E-state index is -0.720. The second-order valence-electron chi connectivity index (χ2n) is 4.68. The SMILES string of the molecule is NC(=O)c1ccc(SCC(=O)N2CCCC2)c([N+](=O)[O-])c1. The number of amides is 2. The Labute approximate surface area is 125 Å². The Morgan fingerprint density at radius 1 is 1.33 bits per heavy atom. The van der Waals surface area contributed by atoms with E-state index in [0.717, 1.165) is 43.8 Å². The van der Waals surface area contributed by atoms with E-state index in [1.54, 1.807) is 4.90 Å². The van der Waals surface area contributed by atoms with Crippen LogP contribution in [0.4, 0.5) is 5.69 Å². The average molecular weight is 309 g/mol. The van der Waals surface area contributed by atoms with Crippen LogP contribution in [-0.2, 0) is 4.79 Å². The number of rotatable bonds is 5. The summed E-state index contributed by atoms with van der Waals surface area (Å²) in [5, 5.41) is 11.0. The zero-order valence-electron chi connectivity index (χ0n) is 11.3. The van der Waals surface area contributed by atoms with Crippen LogP contribution >= 0.6 is 11.8 Å². The molecule has 1 aliphatic heterocycles. The molecule has 21 heavy (non-hydrogen) atoms. The number of likely N-dealkylation sites (tertiary alicyclic amines) is 1. The molecule has 0 aliphatic carbocycles. The Hall–Kier alpha value is -2.09. The Bertz CT molecular complexity index is 585. The van der Waals surface area contributed by atoms with Gasteiger partial charge in [0.15, 0.2) is 0 Å². The molecule has 2 amide bonds. The van der Waals surface area contributed by atoms with Gasteiger partial charge in [-0.25, -0.2) is 0 Å². The van der Waals surface area contributed by atoms with E-state index in [1.807, 2.05) is 0 Å². The monoisotopic (exact) mass is 309 g/mol. The summed E-state index contributed by atoms with van der Waals surface area (Å²) in [6.07, 6.45) is 2.01. The summed E-state index contributed by atoms with van der Waals surface area (Å²) in [6.45, 7) is 1.50. The third-order valence-electron chi connectivity index (χ3n) is 3.25. The molecule has 1 fully saturated rings. The molecule has 0 radical (unpaired) electrons. The van der Waals surface area contributed by atoms with Gasteiger partial charge in [0, 0.05) is 24.7 Å². The lowest BCUT2D eigenvalue weighted by Gasteiger charge is -2.14. The Balaban J connectivity index is 2.10. The predicted octanol–water partition coefficient (Wildman–Crippen LogP) is 1.41. The first kappa shape index (κ1) is 15.3. The highest BCUT2D eigenvalue weighted by molar-refractivity contribution is 8.00. The molecule has 112 valence electrons. The first-order chi connectivity index (χ1) is 9.99. The second-order valence-corrected chi connectivity index (χ2v) is 5.70. The molecule has 1 aromatic carbocycles. The maximum atomic E-state index is 11.9. The molecule has 0 spiro atoms. The smallest absolute Gasteiger partial charge is 0.283 e. The molecule has 1 aliphatic rings. The van der Waals surface area contributed by atoms with E-state index in [-0.39, 0.29) is 22.9 Å². The average Bonchev–Trinajstić information content (AvgIpc) is 2.98. The second kappa shape index (κ2) is 6.57. The van der Waals surface area contributed by atoms with Crippen molar-refractivity contribution < 1.29 is 14.5 Å². The summed E-state index contributed by atoms with van der Waals surface area (Å²) in [4.78, 5) is 35.6. The normalized spacial score (nSPS) is 14.2. The maximum absolute atomic E-state index is 11.9. The minimum Gasteiger partial charge on any atom is -0.366 e. The van der Waals surface area contributed by atoms with Gasteiger partial charge in [-0.15, -0.1) is 11.8 Å². The number of nitrogens with two attached hydrogens (primary N) is 1. The zero-order valence-corrected chi connectivity index (χ0v) is 12.1. The summed E-state index contributed by atoms with van der Waals surface area (Å²) in [5.74, 6) is -0.593. The molecule has 1 heterocycles. The number of nitro benzene ring substituents is 1. The van der Waals surface area contributed by atoms with Gasteiger partial charge in [0.05, 0.1) is 15.6 Å². The van der Waals surface area contributed by atoms with Gasteiger partial charge in [-0.1, -0.05) is 0 Å². The van der Waals surface area contributed by atoms with E-state index in [1.165, 1.54) is 12.1 Å². The number of carbonyl (C=O) groups is 2. The molecule has 0 unspecified atom stereocenters. The minimum absolute atomic E-state index is 0.0224. The zero-order chi connectivity index (χ0) is 15.4. The van der Waals surface area contributed by atoms with Gasteiger partial charge in [0.1, 0.15) is 0 Å². The molecule has 8 heteroatoms. The fraction of sp³-hybridized carbons (Fsp3) is 0.385. The first-order valence-electron chi connectivity index (χ1n) is 6.48. The van der Waals surface area contributed by atoms with Crippen molar-refractivity contribution in [3.8, 4) is 0 Å². The fourth-order valence-corrected chi connectivity index (χ4v) is 3.04. The molecule has 0 bridgehead atoms. The Kier molecular flexibility index (Phi) is 4.79. The van der Waals surface area contributed by atoms with Gasteiger partial charge in [-0.2, -0.15) is 0 Å². The van der Waals surface area contributed by atoms with E-state index >= 15 is 0 Å². The Morgan fingerprint density at radius 3 is 2.57 bits per heavy atom. The third-order valence-corrected chi connectivity index (χ3v) is 4.30. The van der Waals surface area contributed by atoms with Crippen LogP contribution in [-0.4, -0.2) is 40.5 Å². The van der Waals surface area contributed by atoms with Crippen LogP contribution in [0, 0.1) is 10.1 Å².